The predicted octanol–water partition coefficient (Wildman–Crippen LogP) is 1.97. The van der Waals surface area contributed by atoms with Crippen LogP contribution in [0.2, 0.25) is 0 Å². The Balaban J connectivity index is 1.78. The lowest BCUT2D eigenvalue weighted by Gasteiger charge is -2.05. The average molecular weight is 248 g/mol. The van der Waals surface area contributed by atoms with Gasteiger partial charge in [0.2, 0.25) is 5.95 Å². The molecule has 0 aromatic carbocycles. The zero-order chi connectivity index (χ0) is 12.8. The number of aromatic nitrogens is 2. The van der Waals surface area contributed by atoms with Gasteiger partial charge in [-0.15, -0.1) is 0 Å². The molecule has 1 aromatic rings. The van der Waals surface area contributed by atoms with Crippen LogP contribution in [0.3, 0.4) is 0 Å². The van der Waals surface area contributed by atoms with Crippen molar-refractivity contribution in [1.82, 2.24) is 15.3 Å². The van der Waals surface area contributed by atoms with Crippen LogP contribution >= 0.6 is 0 Å². The molecule has 0 bridgehead atoms. The van der Waals surface area contributed by atoms with Crippen molar-refractivity contribution in [3.8, 4) is 0 Å². The molecule has 0 unspecified atom stereocenters. The zero-order valence-electron chi connectivity index (χ0n) is 10.8. The lowest BCUT2D eigenvalue weighted by Crippen LogP contribution is -2.24. The van der Waals surface area contributed by atoms with E-state index in [-0.39, 0.29) is 5.91 Å². The summed E-state index contributed by atoms with van der Waals surface area (Å²) in [5.74, 6) is 0.518. The second-order valence-electron chi connectivity index (χ2n) is 4.68. The number of amides is 1. The molecule has 1 aliphatic carbocycles. The number of nitrogens with one attached hydrogen (secondary N) is 2. The minimum atomic E-state index is -0.0934. The van der Waals surface area contributed by atoms with Crippen LogP contribution < -0.4 is 10.6 Å². The Labute approximate surface area is 107 Å². The standard InChI is InChI=1S/C13H20N4O/c1-2-3-4-7-14-12(18)10-8-15-13(16-9-10)17-11-5-6-11/h8-9,11H,2-7H2,1H3,(H,14,18)(H,15,16,17). The van der Waals surface area contributed by atoms with Gasteiger partial charge in [0.05, 0.1) is 5.56 Å². The van der Waals surface area contributed by atoms with Gasteiger partial charge in [0.1, 0.15) is 0 Å². The maximum Gasteiger partial charge on any atom is 0.254 e. The van der Waals surface area contributed by atoms with Gasteiger partial charge in [-0.25, -0.2) is 9.97 Å². The second kappa shape index (κ2) is 6.33. The lowest BCUT2D eigenvalue weighted by atomic mass is 10.2. The van der Waals surface area contributed by atoms with E-state index in [1.54, 1.807) is 12.4 Å². The van der Waals surface area contributed by atoms with Gasteiger partial charge in [0, 0.05) is 25.0 Å². The van der Waals surface area contributed by atoms with E-state index >= 15 is 0 Å². The zero-order valence-corrected chi connectivity index (χ0v) is 10.8. The summed E-state index contributed by atoms with van der Waals surface area (Å²) >= 11 is 0. The Hall–Kier alpha value is -1.65. The third-order valence-corrected chi connectivity index (χ3v) is 2.89. The van der Waals surface area contributed by atoms with Crippen LogP contribution in [0.15, 0.2) is 12.4 Å². The van der Waals surface area contributed by atoms with Crippen LogP contribution in [0, 0.1) is 0 Å². The first kappa shape index (κ1) is 12.8. The van der Waals surface area contributed by atoms with Crippen molar-refractivity contribution < 1.29 is 4.79 Å². The van der Waals surface area contributed by atoms with Gasteiger partial charge in [-0.05, 0) is 19.3 Å². The minimum absolute atomic E-state index is 0.0934. The maximum atomic E-state index is 11.7. The van der Waals surface area contributed by atoms with Gasteiger partial charge >= 0.3 is 0 Å². The number of carbonyl (C=O) groups excluding carboxylic acids is 1. The van der Waals surface area contributed by atoms with Crippen LogP contribution in [0.1, 0.15) is 49.4 Å². The third kappa shape index (κ3) is 3.98. The quantitative estimate of drug-likeness (QED) is 0.724. The van der Waals surface area contributed by atoms with Crippen molar-refractivity contribution in [3.05, 3.63) is 18.0 Å². The highest BCUT2D eigenvalue weighted by Crippen LogP contribution is 2.22. The molecule has 5 heteroatoms. The van der Waals surface area contributed by atoms with E-state index in [1.165, 1.54) is 12.8 Å². The normalized spacial score (nSPS) is 14.3. The molecule has 0 spiro atoms. The summed E-state index contributed by atoms with van der Waals surface area (Å²) in [6.45, 7) is 2.86. The molecule has 2 rings (SSSR count). The Kier molecular flexibility index (Phi) is 4.50. The highest BCUT2D eigenvalue weighted by atomic mass is 16.1. The smallest absolute Gasteiger partial charge is 0.254 e. The summed E-state index contributed by atoms with van der Waals surface area (Å²) in [6.07, 6.45) is 8.83. The summed E-state index contributed by atoms with van der Waals surface area (Å²) < 4.78 is 0. The molecule has 0 aliphatic heterocycles. The van der Waals surface area contributed by atoms with Gasteiger partial charge < -0.3 is 10.6 Å². The highest BCUT2D eigenvalue weighted by Gasteiger charge is 2.21. The largest absolute Gasteiger partial charge is 0.352 e. The Morgan fingerprint density at radius 3 is 2.67 bits per heavy atom. The van der Waals surface area contributed by atoms with E-state index in [0.29, 0.717) is 17.6 Å². The average Bonchev–Trinajstić information content (AvgIpc) is 3.19. The molecule has 1 saturated carbocycles. The van der Waals surface area contributed by atoms with Gasteiger partial charge in [-0.2, -0.15) is 0 Å². The number of anilines is 1. The second-order valence-corrected chi connectivity index (χ2v) is 4.68. The van der Waals surface area contributed by atoms with Crippen molar-refractivity contribution in [3.63, 3.8) is 0 Å². The van der Waals surface area contributed by atoms with Crippen molar-refractivity contribution in [2.45, 2.75) is 45.1 Å². The number of unbranched alkanes of at least 4 members (excludes halogenated alkanes) is 2. The monoisotopic (exact) mass is 248 g/mol. The number of rotatable bonds is 7. The summed E-state index contributed by atoms with van der Waals surface area (Å²) in [7, 11) is 0. The number of hydrogen-bond acceptors (Lipinski definition) is 4. The fourth-order valence-corrected chi connectivity index (χ4v) is 1.61. The molecule has 18 heavy (non-hydrogen) atoms. The van der Waals surface area contributed by atoms with Crippen molar-refractivity contribution in [2.24, 2.45) is 0 Å². The van der Waals surface area contributed by atoms with Crippen molar-refractivity contribution in [2.75, 3.05) is 11.9 Å². The molecule has 1 aromatic heterocycles. The van der Waals surface area contributed by atoms with E-state index in [1.807, 2.05) is 0 Å². The van der Waals surface area contributed by atoms with Gasteiger partial charge in [-0.1, -0.05) is 19.8 Å². The number of hydrogen-bond donors (Lipinski definition) is 2. The molecular weight excluding hydrogens is 228 g/mol. The number of carbonyl (C=O) groups is 1. The van der Waals surface area contributed by atoms with Crippen LogP contribution in [0.4, 0.5) is 5.95 Å². The van der Waals surface area contributed by atoms with Crippen molar-refractivity contribution >= 4 is 11.9 Å². The SMILES string of the molecule is CCCCCNC(=O)c1cnc(NC2CC2)nc1. The minimum Gasteiger partial charge on any atom is -0.352 e. The van der Waals surface area contributed by atoms with Gasteiger partial charge in [0.25, 0.3) is 5.91 Å². The van der Waals surface area contributed by atoms with Gasteiger partial charge in [0.15, 0.2) is 0 Å². The first-order valence-electron chi connectivity index (χ1n) is 6.66. The van der Waals surface area contributed by atoms with Crippen molar-refractivity contribution in [1.29, 1.82) is 0 Å². The topological polar surface area (TPSA) is 66.9 Å². The van der Waals surface area contributed by atoms with E-state index in [4.69, 9.17) is 0 Å². The van der Waals surface area contributed by atoms with Crippen LogP contribution in [0.25, 0.3) is 0 Å². The van der Waals surface area contributed by atoms with Crippen LogP contribution in [-0.2, 0) is 0 Å². The molecular formula is C13H20N4O. The highest BCUT2D eigenvalue weighted by molar-refractivity contribution is 5.93. The molecule has 98 valence electrons. The molecule has 5 nitrogen and oxygen atoms in total. The Bertz CT molecular complexity index is 386. The molecule has 1 fully saturated rings. The molecule has 1 heterocycles. The van der Waals surface area contributed by atoms with Crippen LogP contribution in [0.5, 0.6) is 0 Å². The molecule has 0 radical (unpaired) electrons. The Morgan fingerprint density at radius 2 is 2.06 bits per heavy atom. The maximum absolute atomic E-state index is 11.7. The molecule has 1 amide bonds. The van der Waals surface area contributed by atoms with E-state index in [9.17, 15) is 4.79 Å². The van der Waals surface area contributed by atoms with Gasteiger partial charge in [-0.3, -0.25) is 4.79 Å². The first-order valence-corrected chi connectivity index (χ1v) is 6.66. The molecule has 0 atom stereocenters. The summed E-state index contributed by atoms with van der Waals surface area (Å²) in [4.78, 5) is 20.0. The summed E-state index contributed by atoms with van der Waals surface area (Å²) in [6, 6.07) is 0.527. The van der Waals surface area contributed by atoms with E-state index < -0.39 is 0 Å². The van der Waals surface area contributed by atoms with E-state index in [0.717, 1.165) is 25.8 Å². The summed E-state index contributed by atoms with van der Waals surface area (Å²) in [5.41, 5.74) is 0.521. The summed E-state index contributed by atoms with van der Waals surface area (Å²) in [5, 5.41) is 6.05. The third-order valence-electron chi connectivity index (χ3n) is 2.89. The molecule has 0 saturated heterocycles. The lowest BCUT2D eigenvalue weighted by molar-refractivity contribution is 0.0952. The van der Waals surface area contributed by atoms with E-state index in [2.05, 4.69) is 27.5 Å². The predicted molar refractivity (Wildman–Crippen MR) is 70.5 cm³/mol. The fourth-order valence-electron chi connectivity index (χ4n) is 1.61. The first-order chi connectivity index (χ1) is 8.79. The van der Waals surface area contributed by atoms with Crippen LogP contribution in [-0.4, -0.2) is 28.5 Å². The molecule has 1 aliphatic rings. The number of nitrogens with zero attached hydrogens (tertiary/aromatic N) is 2. The molecule has 2 N–H and O–H groups in total. The fraction of sp³-hybridized carbons (Fsp3) is 0.615. The Morgan fingerprint density at radius 1 is 1.33 bits per heavy atom.